The second-order valence-corrected chi connectivity index (χ2v) is 4.71. The Morgan fingerprint density at radius 1 is 1.56 bits per heavy atom. The molecule has 1 aliphatic heterocycles. The zero-order valence-electron chi connectivity index (χ0n) is 9.23. The third kappa shape index (κ3) is 2.23. The maximum atomic E-state index is 12.1. The fraction of sp³-hybridized carbons (Fsp3) is 0.600. The van der Waals surface area contributed by atoms with Gasteiger partial charge in [0.2, 0.25) is 0 Å². The Balaban J connectivity index is 2.15. The van der Waals surface area contributed by atoms with Crippen LogP contribution in [0.1, 0.15) is 20.4 Å². The van der Waals surface area contributed by atoms with Crippen molar-refractivity contribution in [3.05, 3.63) is 15.6 Å². The standard InChI is InChI=1S/C10H15N3O2S/c1-7-9(16-8(6-11)12-7)10(14)13-2-4-15-5-3-13/h2-6,11H2,1H3. The summed E-state index contributed by atoms with van der Waals surface area (Å²) < 4.78 is 5.22. The van der Waals surface area contributed by atoms with Crippen LogP contribution in [0.15, 0.2) is 0 Å². The minimum absolute atomic E-state index is 0.0537. The Kier molecular flexibility index (Phi) is 3.52. The van der Waals surface area contributed by atoms with Gasteiger partial charge in [-0.15, -0.1) is 11.3 Å². The normalized spacial score (nSPS) is 16.5. The molecule has 16 heavy (non-hydrogen) atoms. The summed E-state index contributed by atoms with van der Waals surface area (Å²) in [6.45, 7) is 4.80. The Labute approximate surface area is 98.2 Å². The lowest BCUT2D eigenvalue weighted by Crippen LogP contribution is -2.40. The maximum Gasteiger partial charge on any atom is 0.266 e. The molecule has 0 unspecified atom stereocenters. The van der Waals surface area contributed by atoms with E-state index in [1.807, 2.05) is 11.8 Å². The van der Waals surface area contributed by atoms with Crippen LogP contribution in [-0.4, -0.2) is 42.1 Å². The zero-order valence-corrected chi connectivity index (χ0v) is 10.0. The second kappa shape index (κ2) is 4.90. The minimum atomic E-state index is 0.0537. The number of carbonyl (C=O) groups is 1. The van der Waals surface area contributed by atoms with Gasteiger partial charge in [0.15, 0.2) is 0 Å². The topological polar surface area (TPSA) is 68.5 Å². The Morgan fingerprint density at radius 3 is 2.81 bits per heavy atom. The van der Waals surface area contributed by atoms with Crippen molar-refractivity contribution in [1.29, 1.82) is 0 Å². The highest BCUT2D eigenvalue weighted by atomic mass is 32.1. The summed E-state index contributed by atoms with van der Waals surface area (Å²) in [6.07, 6.45) is 0. The fourth-order valence-corrected chi connectivity index (χ4v) is 2.56. The molecule has 1 aliphatic rings. The molecular formula is C10H15N3O2S. The van der Waals surface area contributed by atoms with Gasteiger partial charge < -0.3 is 15.4 Å². The second-order valence-electron chi connectivity index (χ2n) is 3.63. The van der Waals surface area contributed by atoms with Crippen molar-refractivity contribution in [1.82, 2.24) is 9.88 Å². The first-order chi connectivity index (χ1) is 7.72. The van der Waals surface area contributed by atoms with E-state index in [2.05, 4.69) is 4.98 Å². The van der Waals surface area contributed by atoms with E-state index in [1.54, 1.807) is 0 Å². The summed E-state index contributed by atoms with van der Waals surface area (Å²) in [5.74, 6) is 0.0537. The van der Waals surface area contributed by atoms with Gasteiger partial charge in [-0.2, -0.15) is 0 Å². The van der Waals surface area contributed by atoms with E-state index >= 15 is 0 Å². The van der Waals surface area contributed by atoms with Crippen LogP contribution >= 0.6 is 11.3 Å². The zero-order chi connectivity index (χ0) is 11.5. The van der Waals surface area contributed by atoms with Crippen molar-refractivity contribution >= 4 is 17.2 Å². The smallest absolute Gasteiger partial charge is 0.266 e. The molecule has 0 radical (unpaired) electrons. The Hall–Kier alpha value is -0.980. The third-order valence-corrected chi connectivity index (χ3v) is 3.68. The average molecular weight is 241 g/mol. The van der Waals surface area contributed by atoms with Gasteiger partial charge >= 0.3 is 0 Å². The molecule has 0 bridgehead atoms. The van der Waals surface area contributed by atoms with Crippen molar-refractivity contribution in [3.63, 3.8) is 0 Å². The van der Waals surface area contributed by atoms with Crippen molar-refractivity contribution in [2.24, 2.45) is 5.73 Å². The van der Waals surface area contributed by atoms with Gasteiger partial charge in [-0.25, -0.2) is 4.98 Å². The molecule has 0 saturated carbocycles. The number of rotatable bonds is 2. The van der Waals surface area contributed by atoms with Crippen LogP contribution < -0.4 is 5.73 Å². The van der Waals surface area contributed by atoms with Crippen LogP contribution in [0.5, 0.6) is 0 Å². The number of hydrogen-bond donors (Lipinski definition) is 1. The molecule has 1 aromatic rings. The van der Waals surface area contributed by atoms with Crippen molar-refractivity contribution in [2.75, 3.05) is 26.3 Å². The Morgan fingerprint density at radius 2 is 2.25 bits per heavy atom. The number of amides is 1. The molecule has 2 N–H and O–H groups in total. The molecule has 1 amide bonds. The summed E-state index contributed by atoms with van der Waals surface area (Å²) in [5, 5.41) is 0.814. The number of aromatic nitrogens is 1. The molecule has 0 aliphatic carbocycles. The van der Waals surface area contributed by atoms with E-state index in [1.165, 1.54) is 11.3 Å². The first kappa shape index (κ1) is 11.5. The van der Waals surface area contributed by atoms with Gasteiger partial charge in [0.25, 0.3) is 5.91 Å². The lowest BCUT2D eigenvalue weighted by Gasteiger charge is -2.26. The van der Waals surface area contributed by atoms with Crippen LogP contribution in [0.3, 0.4) is 0 Å². The van der Waals surface area contributed by atoms with Gasteiger partial charge in [0.1, 0.15) is 9.88 Å². The van der Waals surface area contributed by atoms with E-state index in [9.17, 15) is 4.79 Å². The maximum absolute atomic E-state index is 12.1. The highest BCUT2D eigenvalue weighted by Crippen LogP contribution is 2.20. The molecule has 5 nitrogen and oxygen atoms in total. The first-order valence-electron chi connectivity index (χ1n) is 5.25. The molecule has 2 heterocycles. The predicted octanol–water partition coefficient (Wildman–Crippen LogP) is 0.383. The van der Waals surface area contributed by atoms with Crippen LogP contribution in [0.25, 0.3) is 0 Å². The number of nitrogens with two attached hydrogens (primary N) is 1. The lowest BCUT2D eigenvalue weighted by molar-refractivity contribution is 0.0305. The van der Waals surface area contributed by atoms with E-state index in [0.29, 0.717) is 37.7 Å². The molecule has 0 aromatic carbocycles. The molecule has 0 spiro atoms. The summed E-state index contributed by atoms with van der Waals surface area (Å²) in [4.78, 5) is 18.9. The van der Waals surface area contributed by atoms with Gasteiger partial charge in [0, 0.05) is 19.6 Å². The van der Waals surface area contributed by atoms with E-state index < -0.39 is 0 Å². The number of nitrogens with zero attached hydrogens (tertiary/aromatic N) is 2. The quantitative estimate of drug-likeness (QED) is 0.813. The summed E-state index contributed by atoms with van der Waals surface area (Å²) in [7, 11) is 0. The van der Waals surface area contributed by atoms with Crippen molar-refractivity contribution < 1.29 is 9.53 Å². The fourth-order valence-electron chi connectivity index (χ4n) is 1.65. The summed E-state index contributed by atoms with van der Waals surface area (Å²) in [6, 6.07) is 0. The van der Waals surface area contributed by atoms with Gasteiger partial charge in [-0.3, -0.25) is 4.79 Å². The van der Waals surface area contributed by atoms with Gasteiger partial charge in [-0.1, -0.05) is 0 Å². The summed E-state index contributed by atoms with van der Waals surface area (Å²) in [5.41, 5.74) is 6.29. The first-order valence-corrected chi connectivity index (χ1v) is 6.07. The monoisotopic (exact) mass is 241 g/mol. The highest BCUT2D eigenvalue weighted by Gasteiger charge is 2.22. The van der Waals surface area contributed by atoms with E-state index in [-0.39, 0.29) is 5.91 Å². The SMILES string of the molecule is Cc1nc(CN)sc1C(=O)N1CCOCC1. The molecular weight excluding hydrogens is 226 g/mol. The number of thiazole rings is 1. The number of hydrogen-bond acceptors (Lipinski definition) is 5. The summed E-state index contributed by atoms with van der Waals surface area (Å²) >= 11 is 1.39. The highest BCUT2D eigenvalue weighted by molar-refractivity contribution is 7.13. The minimum Gasteiger partial charge on any atom is -0.378 e. The molecule has 6 heteroatoms. The van der Waals surface area contributed by atoms with Crippen LogP contribution in [0.4, 0.5) is 0 Å². The van der Waals surface area contributed by atoms with Crippen molar-refractivity contribution in [3.8, 4) is 0 Å². The van der Waals surface area contributed by atoms with Crippen molar-refractivity contribution in [2.45, 2.75) is 13.5 Å². The van der Waals surface area contributed by atoms with E-state index in [4.69, 9.17) is 10.5 Å². The van der Waals surface area contributed by atoms with Crippen LogP contribution in [0, 0.1) is 6.92 Å². The van der Waals surface area contributed by atoms with Crippen LogP contribution in [-0.2, 0) is 11.3 Å². The molecule has 1 saturated heterocycles. The molecule has 88 valence electrons. The van der Waals surface area contributed by atoms with Gasteiger partial charge in [-0.05, 0) is 6.92 Å². The average Bonchev–Trinajstić information content (AvgIpc) is 2.71. The number of ether oxygens (including phenoxy) is 1. The molecule has 2 rings (SSSR count). The number of aryl methyl sites for hydroxylation is 1. The molecule has 1 aromatic heterocycles. The largest absolute Gasteiger partial charge is 0.378 e. The predicted molar refractivity (Wildman–Crippen MR) is 61.5 cm³/mol. The number of carbonyl (C=O) groups excluding carboxylic acids is 1. The number of morpholine rings is 1. The molecule has 0 atom stereocenters. The van der Waals surface area contributed by atoms with Crippen LogP contribution in [0.2, 0.25) is 0 Å². The van der Waals surface area contributed by atoms with E-state index in [0.717, 1.165) is 10.7 Å². The Bertz CT molecular complexity index is 385. The molecule has 1 fully saturated rings. The van der Waals surface area contributed by atoms with Gasteiger partial charge in [0.05, 0.1) is 18.9 Å². The lowest BCUT2D eigenvalue weighted by atomic mass is 10.3. The third-order valence-electron chi connectivity index (χ3n) is 2.51.